The van der Waals surface area contributed by atoms with E-state index in [1.165, 1.54) is 26.2 Å². The van der Waals surface area contributed by atoms with E-state index in [2.05, 4.69) is 10.6 Å². The number of carbonyl (C=O) groups is 3. The highest BCUT2D eigenvalue weighted by Crippen LogP contribution is 2.55. The van der Waals surface area contributed by atoms with Gasteiger partial charge in [-0.25, -0.2) is 13.6 Å². The number of halogens is 2. The van der Waals surface area contributed by atoms with E-state index in [9.17, 15) is 23.2 Å². The normalized spacial score (nSPS) is 36.9. The average Bonchev–Trinajstić information content (AvgIpc) is 2.86. The van der Waals surface area contributed by atoms with Crippen LogP contribution in [0.25, 0.3) is 0 Å². The monoisotopic (exact) mass is 417 g/mol. The smallest absolute Gasteiger partial charge is 0.325 e. The summed E-state index contributed by atoms with van der Waals surface area (Å²) in [4.78, 5) is 39.1. The van der Waals surface area contributed by atoms with Crippen LogP contribution in [0.15, 0.2) is 18.2 Å². The fourth-order valence-electron chi connectivity index (χ4n) is 6.65. The Morgan fingerprint density at radius 1 is 1.13 bits per heavy atom. The minimum Gasteiger partial charge on any atom is -0.349 e. The van der Waals surface area contributed by atoms with Crippen LogP contribution in [0.2, 0.25) is 0 Å². The summed E-state index contributed by atoms with van der Waals surface area (Å²) in [6.45, 7) is 0.890. The minimum atomic E-state index is -1.76. The van der Waals surface area contributed by atoms with Gasteiger partial charge >= 0.3 is 6.03 Å². The van der Waals surface area contributed by atoms with Gasteiger partial charge in [-0.2, -0.15) is 0 Å². The van der Waals surface area contributed by atoms with Gasteiger partial charge in [-0.1, -0.05) is 0 Å². The first-order chi connectivity index (χ1) is 14.2. The molecule has 5 aliphatic rings. The van der Waals surface area contributed by atoms with E-state index in [4.69, 9.17) is 0 Å². The minimum absolute atomic E-state index is 0.233. The molecule has 0 unspecified atom stereocenters. The number of nitrogens with one attached hydrogen (secondary N) is 2. The molecule has 4 amide bonds. The Balaban J connectivity index is 1.32. The molecule has 1 aliphatic heterocycles. The van der Waals surface area contributed by atoms with Gasteiger partial charge in [-0.05, 0) is 81.4 Å². The van der Waals surface area contributed by atoms with E-state index >= 15 is 0 Å². The first-order valence-electron chi connectivity index (χ1n) is 10.6. The second-order valence-electron chi connectivity index (χ2n) is 9.82. The van der Waals surface area contributed by atoms with Crippen LogP contribution in [0.3, 0.4) is 0 Å². The van der Waals surface area contributed by atoms with E-state index < -0.39 is 35.7 Å². The van der Waals surface area contributed by atoms with Crippen molar-refractivity contribution in [1.82, 2.24) is 15.5 Å². The largest absolute Gasteiger partial charge is 0.349 e. The summed E-state index contributed by atoms with van der Waals surface area (Å²) in [5, 5.41) is 5.56. The molecule has 2 N–H and O–H groups in total. The van der Waals surface area contributed by atoms with E-state index in [0.717, 1.165) is 42.4 Å². The molecule has 4 saturated carbocycles. The maximum Gasteiger partial charge on any atom is 0.325 e. The van der Waals surface area contributed by atoms with Crippen molar-refractivity contribution in [2.24, 2.45) is 17.8 Å². The summed E-state index contributed by atoms with van der Waals surface area (Å²) in [5.41, 5.74) is -2.25. The van der Waals surface area contributed by atoms with Crippen LogP contribution in [0.5, 0.6) is 0 Å². The molecule has 8 heteroatoms. The van der Waals surface area contributed by atoms with Gasteiger partial charge in [0.05, 0.1) is 0 Å². The molecule has 1 saturated heterocycles. The van der Waals surface area contributed by atoms with Gasteiger partial charge in [-0.3, -0.25) is 14.5 Å². The van der Waals surface area contributed by atoms with Gasteiger partial charge in [0.2, 0.25) is 5.91 Å². The predicted octanol–water partition coefficient (Wildman–Crippen LogP) is 2.82. The van der Waals surface area contributed by atoms with Crippen molar-refractivity contribution >= 4 is 17.8 Å². The van der Waals surface area contributed by atoms with Gasteiger partial charge in [0.15, 0.2) is 0 Å². The molecule has 1 aromatic rings. The zero-order valence-corrected chi connectivity index (χ0v) is 16.8. The number of amides is 4. The molecule has 5 fully saturated rings. The second kappa shape index (κ2) is 6.49. The van der Waals surface area contributed by atoms with Gasteiger partial charge in [0.1, 0.15) is 23.7 Å². The van der Waals surface area contributed by atoms with Gasteiger partial charge < -0.3 is 10.6 Å². The number of hydrogen-bond acceptors (Lipinski definition) is 3. The van der Waals surface area contributed by atoms with Crippen molar-refractivity contribution in [3.63, 3.8) is 0 Å². The molecule has 0 radical (unpaired) electrons. The average molecular weight is 417 g/mol. The fourth-order valence-corrected chi connectivity index (χ4v) is 6.65. The van der Waals surface area contributed by atoms with Crippen LogP contribution in [0, 0.1) is 29.4 Å². The molecule has 30 heavy (non-hydrogen) atoms. The van der Waals surface area contributed by atoms with Crippen molar-refractivity contribution in [3.05, 3.63) is 35.4 Å². The highest BCUT2D eigenvalue weighted by Gasteiger charge is 2.53. The number of carbonyl (C=O) groups excluding carboxylic acids is 3. The van der Waals surface area contributed by atoms with Crippen LogP contribution in [0.4, 0.5) is 13.6 Å². The van der Waals surface area contributed by atoms with Crippen molar-refractivity contribution in [3.8, 4) is 0 Å². The Hall–Kier alpha value is -2.51. The summed E-state index contributed by atoms with van der Waals surface area (Å²) in [6, 6.07) is 1.97. The van der Waals surface area contributed by atoms with Crippen molar-refractivity contribution in [2.45, 2.75) is 56.5 Å². The highest BCUT2D eigenvalue weighted by molar-refractivity contribution is 6.09. The maximum absolute atomic E-state index is 14.3. The maximum atomic E-state index is 14.3. The lowest BCUT2D eigenvalue weighted by molar-refractivity contribution is -0.136. The van der Waals surface area contributed by atoms with Crippen molar-refractivity contribution in [1.29, 1.82) is 0 Å². The van der Waals surface area contributed by atoms with E-state index in [0.29, 0.717) is 17.8 Å². The molecule has 160 valence electrons. The van der Waals surface area contributed by atoms with Crippen LogP contribution in [0.1, 0.15) is 51.0 Å². The topological polar surface area (TPSA) is 78.5 Å². The van der Waals surface area contributed by atoms with Crippen LogP contribution in [-0.4, -0.2) is 34.8 Å². The molecule has 4 aliphatic carbocycles. The van der Waals surface area contributed by atoms with Crippen molar-refractivity contribution < 1.29 is 23.2 Å². The number of benzene rings is 1. The Labute approximate surface area is 173 Å². The molecule has 6 nitrogen and oxygen atoms in total. The lowest BCUT2D eigenvalue weighted by Gasteiger charge is -2.56. The lowest BCUT2D eigenvalue weighted by Crippen LogP contribution is -2.61. The molecule has 1 heterocycles. The number of urea groups is 1. The summed E-state index contributed by atoms with van der Waals surface area (Å²) < 4.78 is 27.9. The second-order valence-corrected chi connectivity index (χ2v) is 9.82. The van der Waals surface area contributed by atoms with Gasteiger partial charge in [-0.15, -0.1) is 0 Å². The number of hydrogen-bond donors (Lipinski definition) is 2. The van der Waals surface area contributed by atoms with Crippen molar-refractivity contribution in [2.75, 3.05) is 6.54 Å². The lowest BCUT2D eigenvalue weighted by atomic mass is 9.53. The molecule has 1 aromatic carbocycles. The third-order valence-electron chi connectivity index (χ3n) is 7.49. The Bertz CT molecular complexity index is 914. The van der Waals surface area contributed by atoms with E-state index in [1.54, 1.807) is 0 Å². The van der Waals surface area contributed by atoms with E-state index in [1.807, 2.05) is 0 Å². The Morgan fingerprint density at radius 2 is 1.73 bits per heavy atom. The summed E-state index contributed by atoms with van der Waals surface area (Å²) >= 11 is 0. The molecule has 4 bridgehead atoms. The zero-order chi connectivity index (χ0) is 21.3. The number of imide groups is 1. The quantitative estimate of drug-likeness (QED) is 0.740. The van der Waals surface area contributed by atoms with E-state index in [-0.39, 0.29) is 17.0 Å². The standard InChI is InChI=1S/C22H25F2N3O3/c1-21(16-7-15(23)2-3-17(16)24)19(29)27(20(30)26-21)11-18(28)25-22-8-12-4-13(9-22)6-14(5-12)10-22/h2-3,7,12-14H,4-6,8-11H2,1H3,(H,25,28)(H,26,30)/t12?,13?,14?,21-,22?/m0/s1. The Kier molecular flexibility index (Phi) is 4.21. The number of nitrogens with zero attached hydrogens (tertiary/aromatic N) is 1. The molecule has 0 aromatic heterocycles. The predicted molar refractivity (Wildman–Crippen MR) is 103 cm³/mol. The van der Waals surface area contributed by atoms with Gasteiger partial charge in [0.25, 0.3) is 5.91 Å². The molecule has 1 atom stereocenters. The van der Waals surface area contributed by atoms with Crippen LogP contribution in [-0.2, 0) is 15.1 Å². The Morgan fingerprint density at radius 3 is 2.33 bits per heavy atom. The molecule has 6 rings (SSSR count). The molecular weight excluding hydrogens is 392 g/mol. The number of rotatable bonds is 4. The molecule has 0 spiro atoms. The third-order valence-corrected chi connectivity index (χ3v) is 7.49. The fraction of sp³-hybridized carbons (Fsp3) is 0.591. The third kappa shape index (κ3) is 2.99. The van der Waals surface area contributed by atoms with Crippen LogP contribution >= 0.6 is 0 Å². The van der Waals surface area contributed by atoms with Crippen LogP contribution < -0.4 is 10.6 Å². The highest BCUT2D eigenvalue weighted by atomic mass is 19.1. The summed E-state index contributed by atoms with van der Waals surface area (Å²) in [6.07, 6.45) is 6.57. The summed E-state index contributed by atoms with van der Waals surface area (Å²) in [7, 11) is 0. The zero-order valence-electron chi connectivity index (χ0n) is 16.8. The summed E-state index contributed by atoms with van der Waals surface area (Å²) in [5.74, 6) is -0.727. The SMILES string of the molecule is C[C@@]1(c2cc(F)ccc2F)NC(=O)N(CC(=O)NC23CC4CC(CC(C4)C2)C3)C1=O. The first-order valence-corrected chi connectivity index (χ1v) is 10.6. The molecular formula is C22H25F2N3O3. The van der Waals surface area contributed by atoms with Gasteiger partial charge in [0, 0.05) is 11.1 Å². The first kappa shape index (κ1) is 19.5.